The number of amides is 2. The van der Waals surface area contributed by atoms with Crippen LogP contribution in [0.15, 0.2) is 128 Å². The Morgan fingerprint density at radius 1 is 0.589 bits per heavy atom. The first-order chi connectivity index (χ1) is 35.4. The van der Waals surface area contributed by atoms with Crippen molar-refractivity contribution in [2.75, 3.05) is 75.6 Å². The monoisotopic (exact) mass is 985 g/mol. The molecule has 0 saturated carbocycles. The van der Waals surface area contributed by atoms with Crippen molar-refractivity contribution < 1.29 is 18.4 Å². The van der Waals surface area contributed by atoms with Crippen LogP contribution in [0.4, 0.5) is 32.1 Å². The summed E-state index contributed by atoms with van der Waals surface area (Å²) >= 11 is 0. The van der Waals surface area contributed by atoms with Crippen LogP contribution in [0.25, 0.3) is 22.5 Å². The third-order valence-corrected chi connectivity index (χ3v) is 13.2. The molecule has 14 heteroatoms. The molecule has 73 heavy (non-hydrogen) atoms. The van der Waals surface area contributed by atoms with Crippen LogP contribution in [0.2, 0.25) is 0 Å². The number of carbonyl (C=O) groups is 2. The SMILES string of the molecule is CCCC(=O)Nc1ccc(C2Cc3cnc(NCCCCN(C)C)nc3-c3ccccc32)cc1.CN(C)CCCCNc1ncc2c(n1)-c1ccccc1C(c1ccc(NC(=O)c3cccc(F)c3F)cc1)C2. The van der Waals surface area contributed by atoms with Crippen molar-refractivity contribution in [2.24, 2.45) is 0 Å². The zero-order valence-corrected chi connectivity index (χ0v) is 42.5. The largest absolute Gasteiger partial charge is 0.354 e. The Balaban J connectivity index is 0.000000197. The van der Waals surface area contributed by atoms with E-state index in [1.54, 1.807) is 12.1 Å². The highest BCUT2D eigenvalue weighted by Gasteiger charge is 2.29. The maximum absolute atomic E-state index is 14.0. The van der Waals surface area contributed by atoms with E-state index in [4.69, 9.17) is 9.97 Å². The predicted octanol–water partition coefficient (Wildman–Crippen LogP) is 11.4. The molecule has 2 amide bonds. The number of nitrogens with zero attached hydrogens (tertiary/aromatic N) is 6. The summed E-state index contributed by atoms with van der Waals surface area (Å²) in [6, 6.07) is 36.1. The second kappa shape index (κ2) is 24.8. The molecule has 0 bridgehead atoms. The highest BCUT2D eigenvalue weighted by Crippen LogP contribution is 2.43. The van der Waals surface area contributed by atoms with E-state index in [0.29, 0.717) is 24.0 Å². The molecule has 2 heterocycles. The van der Waals surface area contributed by atoms with E-state index in [0.717, 1.165) is 111 Å². The van der Waals surface area contributed by atoms with Gasteiger partial charge in [-0.2, -0.15) is 0 Å². The lowest BCUT2D eigenvalue weighted by Crippen LogP contribution is -2.17. The minimum absolute atomic E-state index is 0.0615. The van der Waals surface area contributed by atoms with Gasteiger partial charge >= 0.3 is 0 Å². The topological polar surface area (TPSA) is 140 Å². The van der Waals surface area contributed by atoms with Crippen molar-refractivity contribution in [1.82, 2.24) is 29.7 Å². The maximum atomic E-state index is 14.0. The molecule has 5 aromatic carbocycles. The van der Waals surface area contributed by atoms with Gasteiger partial charge in [0.1, 0.15) is 0 Å². The van der Waals surface area contributed by atoms with Gasteiger partial charge in [-0.15, -0.1) is 0 Å². The van der Waals surface area contributed by atoms with E-state index in [1.807, 2.05) is 55.7 Å². The number of hydrogen-bond donors (Lipinski definition) is 4. The van der Waals surface area contributed by atoms with Crippen molar-refractivity contribution in [2.45, 2.75) is 70.1 Å². The number of rotatable bonds is 19. The van der Waals surface area contributed by atoms with Gasteiger partial charge in [-0.05, 0) is 156 Å². The number of nitrogens with one attached hydrogen (secondary N) is 4. The molecule has 378 valence electrons. The molecule has 0 saturated heterocycles. The molecule has 0 fully saturated rings. The molecular formula is C59H66F2N10O2. The number of benzene rings is 5. The summed E-state index contributed by atoms with van der Waals surface area (Å²) in [6.45, 7) is 5.86. The summed E-state index contributed by atoms with van der Waals surface area (Å²) in [5, 5.41) is 12.4. The van der Waals surface area contributed by atoms with Gasteiger partial charge in [0.25, 0.3) is 5.91 Å². The summed E-state index contributed by atoms with van der Waals surface area (Å²) in [6.07, 6.45) is 11.3. The van der Waals surface area contributed by atoms with Crippen LogP contribution in [0.5, 0.6) is 0 Å². The number of aromatic nitrogens is 4. The normalized spacial score (nSPS) is 14.2. The molecule has 4 N–H and O–H groups in total. The Hall–Kier alpha value is -7.42. The van der Waals surface area contributed by atoms with Crippen molar-refractivity contribution in [1.29, 1.82) is 0 Å². The highest BCUT2D eigenvalue weighted by molar-refractivity contribution is 6.04. The van der Waals surface area contributed by atoms with Crippen LogP contribution < -0.4 is 21.3 Å². The third-order valence-electron chi connectivity index (χ3n) is 13.2. The quantitative estimate of drug-likeness (QED) is 0.0579. The van der Waals surface area contributed by atoms with Crippen LogP contribution >= 0.6 is 0 Å². The fourth-order valence-electron chi connectivity index (χ4n) is 9.47. The molecule has 2 aliphatic carbocycles. The minimum atomic E-state index is -1.16. The van der Waals surface area contributed by atoms with E-state index >= 15 is 0 Å². The Labute approximate surface area is 428 Å². The van der Waals surface area contributed by atoms with E-state index in [2.05, 4.69) is 118 Å². The van der Waals surface area contributed by atoms with E-state index in [-0.39, 0.29) is 23.3 Å². The molecular weight excluding hydrogens is 919 g/mol. The van der Waals surface area contributed by atoms with Crippen LogP contribution in [-0.2, 0) is 17.6 Å². The Kier molecular flexibility index (Phi) is 17.6. The average Bonchev–Trinajstić information content (AvgIpc) is 3.39. The summed E-state index contributed by atoms with van der Waals surface area (Å²) in [7, 11) is 8.36. The molecule has 2 atom stereocenters. The second-order valence-electron chi connectivity index (χ2n) is 19.3. The number of halogens is 2. The fourth-order valence-corrected chi connectivity index (χ4v) is 9.47. The lowest BCUT2D eigenvalue weighted by molar-refractivity contribution is -0.116. The van der Waals surface area contributed by atoms with E-state index in [9.17, 15) is 18.4 Å². The number of anilines is 4. The molecule has 9 rings (SSSR count). The smallest absolute Gasteiger partial charge is 0.258 e. The van der Waals surface area contributed by atoms with Crippen LogP contribution in [0.3, 0.4) is 0 Å². The average molecular weight is 985 g/mol. The standard InChI is InChI=1S/C31H31F2N5O.C28H35N5O/c1-38(2)17-6-5-16-34-31-35-19-21-18-26(23-8-3-4-9-24(23)29(21)37-31)20-12-14-22(15-13-20)36-30(39)25-10-7-11-27(32)28(25)33;1-4-9-26(34)31-22-14-12-20(13-15-22)25-18-21-19-30-28(29-16-7-8-17-33(2)3)32-27(21)24-11-6-5-10-23(24)25/h3-4,7-15,19,26H,5-6,16-18H2,1-2H3,(H,36,39)(H,34,35,37);5-6,10-15,19,25H,4,7-9,16-18H2,1-3H3,(H,31,34)(H,29,30,32). The van der Waals surface area contributed by atoms with Crippen LogP contribution in [-0.4, -0.2) is 95.9 Å². The molecule has 7 aromatic rings. The molecule has 0 aliphatic heterocycles. The zero-order valence-electron chi connectivity index (χ0n) is 42.5. The molecule has 2 aliphatic rings. The first-order valence-corrected chi connectivity index (χ1v) is 25.4. The number of carbonyl (C=O) groups excluding carboxylic acids is 2. The molecule has 0 radical (unpaired) electrons. The Bertz CT molecular complexity index is 2980. The van der Waals surface area contributed by atoms with Gasteiger partial charge in [0.2, 0.25) is 17.8 Å². The maximum Gasteiger partial charge on any atom is 0.258 e. The molecule has 0 spiro atoms. The highest BCUT2D eigenvalue weighted by atomic mass is 19.2. The van der Waals surface area contributed by atoms with Gasteiger partial charge in [0.15, 0.2) is 11.6 Å². The number of fused-ring (bicyclic) bond motifs is 6. The fraction of sp³-hybridized carbons (Fsp3) is 0.322. The Morgan fingerprint density at radius 2 is 1.07 bits per heavy atom. The summed E-state index contributed by atoms with van der Waals surface area (Å²) in [5.74, 6) is -1.19. The first-order valence-electron chi connectivity index (χ1n) is 25.4. The van der Waals surface area contributed by atoms with E-state index < -0.39 is 17.5 Å². The van der Waals surface area contributed by atoms with E-state index in [1.165, 1.54) is 39.9 Å². The molecule has 2 aromatic heterocycles. The summed E-state index contributed by atoms with van der Waals surface area (Å²) in [4.78, 5) is 47.8. The number of unbranched alkanes of at least 4 members (excludes halogenated alkanes) is 2. The number of hydrogen-bond acceptors (Lipinski definition) is 10. The summed E-state index contributed by atoms with van der Waals surface area (Å²) in [5.41, 5.74) is 12.3. The molecule has 2 unspecified atom stereocenters. The zero-order chi connectivity index (χ0) is 51.3. The predicted molar refractivity (Wildman–Crippen MR) is 289 cm³/mol. The summed E-state index contributed by atoms with van der Waals surface area (Å²) < 4.78 is 27.5. The lowest BCUT2D eigenvalue weighted by atomic mass is 9.78. The van der Waals surface area contributed by atoms with Gasteiger partial charge in [-0.3, -0.25) is 9.59 Å². The van der Waals surface area contributed by atoms with Gasteiger partial charge < -0.3 is 31.1 Å². The Morgan fingerprint density at radius 3 is 1.55 bits per heavy atom. The van der Waals surface area contributed by atoms with Crippen LogP contribution in [0, 0.1) is 11.6 Å². The van der Waals surface area contributed by atoms with Crippen molar-refractivity contribution in [3.05, 3.63) is 178 Å². The van der Waals surface area contributed by atoms with Gasteiger partial charge in [-0.25, -0.2) is 28.7 Å². The van der Waals surface area contributed by atoms with Crippen molar-refractivity contribution in [3.8, 4) is 22.5 Å². The minimum Gasteiger partial charge on any atom is -0.354 e. The van der Waals surface area contributed by atoms with Gasteiger partial charge in [0, 0.05) is 66.2 Å². The van der Waals surface area contributed by atoms with Crippen molar-refractivity contribution in [3.63, 3.8) is 0 Å². The second-order valence-corrected chi connectivity index (χ2v) is 19.3. The lowest BCUT2D eigenvalue weighted by Gasteiger charge is -2.27. The molecule has 12 nitrogen and oxygen atoms in total. The third kappa shape index (κ3) is 13.4. The van der Waals surface area contributed by atoms with Gasteiger partial charge in [0.05, 0.1) is 17.0 Å². The van der Waals surface area contributed by atoms with Crippen LogP contribution in [0.1, 0.15) is 101 Å². The van der Waals surface area contributed by atoms with Gasteiger partial charge in [-0.1, -0.05) is 85.8 Å². The van der Waals surface area contributed by atoms with Crippen molar-refractivity contribution >= 4 is 35.1 Å². The first kappa shape index (κ1) is 51.9.